The molecule has 1 amide bonds. The third-order valence-electron chi connectivity index (χ3n) is 3.93. The molecule has 1 N–H and O–H groups in total. The van der Waals surface area contributed by atoms with Gasteiger partial charge in [0.05, 0.1) is 0 Å². The molecule has 0 atom stereocenters. The zero-order chi connectivity index (χ0) is 14.6. The summed E-state index contributed by atoms with van der Waals surface area (Å²) in [6.07, 6.45) is 10.1. The van der Waals surface area contributed by atoms with Gasteiger partial charge in [0.2, 0.25) is 5.91 Å². The van der Waals surface area contributed by atoms with Crippen molar-refractivity contribution in [3.8, 4) is 12.3 Å². The molecule has 0 spiro atoms. The van der Waals surface area contributed by atoms with Crippen molar-refractivity contribution < 1.29 is 14.7 Å². The zero-order valence-corrected chi connectivity index (χ0v) is 11.4. The van der Waals surface area contributed by atoms with E-state index in [1.807, 2.05) is 0 Å². The minimum atomic E-state index is -0.965. The monoisotopic (exact) mass is 277 g/mol. The minimum absolute atomic E-state index is 0.0911. The first-order valence-electron chi connectivity index (χ1n) is 6.95. The van der Waals surface area contributed by atoms with Gasteiger partial charge in [0.25, 0.3) is 0 Å². The summed E-state index contributed by atoms with van der Waals surface area (Å²) in [6.45, 7) is -0.213. The number of carboxylic acid groups (broad SMARTS) is 1. The Morgan fingerprint density at radius 3 is 2.50 bits per heavy atom. The summed E-state index contributed by atoms with van der Waals surface area (Å²) >= 11 is 0. The molecule has 1 saturated carbocycles. The molecule has 1 aliphatic carbocycles. The van der Waals surface area contributed by atoms with Gasteiger partial charge >= 0.3 is 5.97 Å². The maximum absolute atomic E-state index is 12.2. The number of carbonyl (C=O) groups excluding carboxylic acids is 1. The standard InChI is InChI=1S/C14H19N3O3/c1-2-3-8-14(15-16-14)9-7-12(18)17(10-13(19)20)11-5-4-6-11/h1,11H,3-10H2,(H,19,20). The van der Waals surface area contributed by atoms with E-state index >= 15 is 0 Å². The largest absolute Gasteiger partial charge is 0.480 e. The highest BCUT2D eigenvalue weighted by Gasteiger charge is 2.40. The van der Waals surface area contributed by atoms with E-state index in [0.29, 0.717) is 19.3 Å². The van der Waals surface area contributed by atoms with Crippen LogP contribution in [0, 0.1) is 12.3 Å². The molecule has 20 heavy (non-hydrogen) atoms. The Hall–Kier alpha value is -1.90. The lowest BCUT2D eigenvalue weighted by Crippen LogP contribution is -2.47. The van der Waals surface area contributed by atoms with E-state index in [2.05, 4.69) is 16.1 Å². The average molecular weight is 277 g/mol. The average Bonchev–Trinajstić information content (AvgIpc) is 3.11. The molecule has 108 valence electrons. The van der Waals surface area contributed by atoms with Crippen molar-refractivity contribution in [2.45, 2.75) is 56.7 Å². The number of nitrogens with zero attached hydrogens (tertiary/aromatic N) is 3. The highest BCUT2D eigenvalue weighted by Crippen LogP contribution is 2.38. The van der Waals surface area contributed by atoms with Crippen LogP contribution < -0.4 is 0 Å². The van der Waals surface area contributed by atoms with E-state index in [0.717, 1.165) is 19.3 Å². The zero-order valence-electron chi connectivity index (χ0n) is 11.4. The Labute approximate surface area is 118 Å². The second-order valence-electron chi connectivity index (χ2n) is 5.39. The highest BCUT2D eigenvalue weighted by molar-refractivity contribution is 5.81. The lowest BCUT2D eigenvalue weighted by Gasteiger charge is -2.36. The van der Waals surface area contributed by atoms with Gasteiger partial charge < -0.3 is 10.0 Å². The maximum Gasteiger partial charge on any atom is 0.323 e. The SMILES string of the molecule is C#CCCC1(CCC(=O)N(CC(=O)O)C2CCC2)N=N1. The van der Waals surface area contributed by atoms with Gasteiger partial charge in [-0.05, 0) is 19.3 Å². The van der Waals surface area contributed by atoms with Crippen LogP contribution in [-0.4, -0.2) is 40.1 Å². The number of rotatable bonds is 8. The van der Waals surface area contributed by atoms with Crippen molar-refractivity contribution in [3.63, 3.8) is 0 Å². The van der Waals surface area contributed by atoms with Crippen molar-refractivity contribution in [1.29, 1.82) is 0 Å². The molecule has 2 aliphatic rings. The summed E-state index contributed by atoms with van der Waals surface area (Å²) in [5, 5.41) is 16.9. The first-order valence-corrected chi connectivity index (χ1v) is 6.95. The second-order valence-corrected chi connectivity index (χ2v) is 5.39. The molecule has 2 rings (SSSR count). The second kappa shape index (κ2) is 6.04. The Kier molecular flexibility index (Phi) is 4.38. The van der Waals surface area contributed by atoms with Crippen LogP contribution in [0.4, 0.5) is 0 Å². The Balaban J connectivity index is 1.82. The Morgan fingerprint density at radius 2 is 2.05 bits per heavy atom. The molecular weight excluding hydrogens is 258 g/mol. The number of carbonyl (C=O) groups is 2. The van der Waals surface area contributed by atoms with Crippen LogP contribution in [0.25, 0.3) is 0 Å². The molecule has 0 unspecified atom stereocenters. The third-order valence-corrected chi connectivity index (χ3v) is 3.93. The van der Waals surface area contributed by atoms with Crippen molar-refractivity contribution in [2.75, 3.05) is 6.54 Å². The number of terminal acetylenes is 1. The molecule has 1 heterocycles. The molecule has 0 aromatic heterocycles. The number of aliphatic carboxylic acids is 1. The van der Waals surface area contributed by atoms with E-state index in [1.54, 1.807) is 0 Å². The fourth-order valence-electron chi connectivity index (χ4n) is 2.38. The number of amides is 1. The van der Waals surface area contributed by atoms with Gasteiger partial charge in [-0.1, -0.05) is 0 Å². The smallest absolute Gasteiger partial charge is 0.323 e. The molecule has 0 aromatic carbocycles. The van der Waals surface area contributed by atoms with Gasteiger partial charge in [0.1, 0.15) is 6.54 Å². The highest BCUT2D eigenvalue weighted by atomic mass is 16.4. The van der Waals surface area contributed by atoms with Crippen LogP contribution in [-0.2, 0) is 9.59 Å². The summed E-state index contributed by atoms with van der Waals surface area (Å²) in [5.74, 6) is 1.46. The number of hydrogen-bond acceptors (Lipinski definition) is 4. The van der Waals surface area contributed by atoms with E-state index in [1.165, 1.54) is 4.90 Å². The van der Waals surface area contributed by atoms with Gasteiger partial charge in [0, 0.05) is 31.7 Å². The summed E-state index contributed by atoms with van der Waals surface area (Å²) < 4.78 is 0. The van der Waals surface area contributed by atoms with Crippen molar-refractivity contribution in [1.82, 2.24) is 4.90 Å². The fraction of sp³-hybridized carbons (Fsp3) is 0.714. The topological polar surface area (TPSA) is 82.3 Å². The van der Waals surface area contributed by atoms with Gasteiger partial charge in [-0.15, -0.1) is 12.3 Å². The lowest BCUT2D eigenvalue weighted by molar-refractivity contribution is -0.147. The van der Waals surface area contributed by atoms with Gasteiger partial charge in [0.15, 0.2) is 5.66 Å². The lowest BCUT2D eigenvalue weighted by atomic mass is 9.91. The minimum Gasteiger partial charge on any atom is -0.480 e. The van der Waals surface area contributed by atoms with E-state index < -0.39 is 11.6 Å². The molecule has 1 aliphatic heterocycles. The quantitative estimate of drug-likeness (QED) is 0.687. The van der Waals surface area contributed by atoms with Crippen molar-refractivity contribution >= 4 is 11.9 Å². The van der Waals surface area contributed by atoms with Crippen LogP contribution in [0.5, 0.6) is 0 Å². The molecule has 0 aromatic rings. The summed E-state index contributed by atoms with van der Waals surface area (Å²) in [5.41, 5.74) is -0.476. The molecule has 1 fully saturated rings. The van der Waals surface area contributed by atoms with Gasteiger partial charge in [-0.2, -0.15) is 10.2 Å². The normalized spacial score (nSPS) is 18.9. The van der Waals surface area contributed by atoms with Gasteiger partial charge in [-0.25, -0.2) is 0 Å². The van der Waals surface area contributed by atoms with Crippen LogP contribution >= 0.6 is 0 Å². The van der Waals surface area contributed by atoms with Crippen LogP contribution in [0.1, 0.15) is 44.9 Å². The van der Waals surface area contributed by atoms with E-state index in [-0.39, 0.29) is 24.9 Å². The number of carboxylic acids is 1. The third kappa shape index (κ3) is 3.56. The molecule has 6 heteroatoms. The van der Waals surface area contributed by atoms with Gasteiger partial charge in [-0.3, -0.25) is 9.59 Å². The van der Waals surface area contributed by atoms with Crippen molar-refractivity contribution in [2.24, 2.45) is 10.2 Å². The molecular formula is C14H19N3O3. The Bertz CT molecular complexity index is 457. The Morgan fingerprint density at radius 1 is 1.35 bits per heavy atom. The molecule has 0 bridgehead atoms. The number of hydrogen-bond donors (Lipinski definition) is 1. The summed E-state index contributed by atoms with van der Waals surface area (Å²) in [6, 6.07) is 0.0911. The van der Waals surface area contributed by atoms with Crippen LogP contribution in [0.2, 0.25) is 0 Å². The predicted octanol–water partition coefficient (Wildman–Crippen LogP) is 1.81. The van der Waals surface area contributed by atoms with Crippen LogP contribution in [0.3, 0.4) is 0 Å². The van der Waals surface area contributed by atoms with Crippen molar-refractivity contribution in [3.05, 3.63) is 0 Å². The first kappa shape index (κ1) is 14.5. The first-order chi connectivity index (χ1) is 9.56. The summed E-state index contributed by atoms with van der Waals surface area (Å²) in [4.78, 5) is 24.5. The molecule has 0 saturated heterocycles. The van der Waals surface area contributed by atoms with E-state index in [4.69, 9.17) is 11.5 Å². The van der Waals surface area contributed by atoms with Crippen LogP contribution in [0.15, 0.2) is 10.2 Å². The molecule has 0 radical (unpaired) electrons. The molecule has 6 nitrogen and oxygen atoms in total. The predicted molar refractivity (Wildman–Crippen MR) is 71.9 cm³/mol. The fourth-order valence-corrected chi connectivity index (χ4v) is 2.38. The maximum atomic E-state index is 12.2. The van der Waals surface area contributed by atoms with E-state index in [9.17, 15) is 9.59 Å². The summed E-state index contributed by atoms with van der Waals surface area (Å²) in [7, 11) is 0.